The molecule has 1 atom stereocenters. The quantitative estimate of drug-likeness (QED) is 0.842. The topological polar surface area (TPSA) is 66.6 Å². The van der Waals surface area contributed by atoms with Gasteiger partial charge in [0, 0.05) is 37.5 Å². The Morgan fingerprint density at radius 3 is 2.40 bits per heavy atom. The van der Waals surface area contributed by atoms with Gasteiger partial charge in [0.25, 0.3) is 10.2 Å². The molecule has 20 heavy (non-hydrogen) atoms. The van der Waals surface area contributed by atoms with Crippen LogP contribution in [0.3, 0.4) is 0 Å². The van der Waals surface area contributed by atoms with Crippen LogP contribution in [0.5, 0.6) is 0 Å². The zero-order valence-electron chi connectivity index (χ0n) is 12.5. The summed E-state index contributed by atoms with van der Waals surface area (Å²) in [4.78, 5) is 0. The molecule has 2 fully saturated rings. The van der Waals surface area contributed by atoms with Crippen molar-refractivity contribution >= 4 is 22.0 Å². The first-order valence-electron chi connectivity index (χ1n) is 7.44. The lowest BCUT2D eigenvalue weighted by molar-refractivity contribution is 0.237. The van der Waals surface area contributed by atoms with Gasteiger partial charge in [0.1, 0.15) is 0 Å². The summed E-state index contributed by atoms with van der Waals surface area (Å²) in [6, 6.07) is 0. The Morgan fingerprint density at radius 2 is 1.90 bits per heavy atom. The smallest absolute Gasteiger partial charge is 0.281 e. The van der Waals surface area contributed by atoms with Gasteiger partial charge in [-0.3, -0.25) is 0 Å². The average Bonchev–Trinajstić information content (AvgIpc) is 2.47. The first-order chi connectivity index (χ1) is 9.43. The molecule has 0 radical (unpaired) electrons. The van der Waals surface area contributed by atoms with Gasteiger partial charge in [0.2, 0.25) is 0 Å². The van der Waals surface area contributed by atoms with Crippen LogP contribution >= 0.6 is 11.8 Å². The van der Waals surface area contributed by atoms with Crippen LogP contribution < -0.4 is 5.73 Å². The summed E-state index contributed by atoms with van der Waals surface area (Å²) < 4.78 is 28.8. The lowest BCUT2D eigenvalue weighted by Gasteiger charge is -2.42. The minimum atomic E-state index is -3.27. The van der Waals surface area contributed by atoms with Gasteiger partial charge < -0.3 is 5.73 Å². The lowest BCUT2D eigenvalue weighted by atomic mass is 9.97. The number of piperidine rings is 2. The van der Waals surface area contributed by atoms with Crippen LogP contribution in [0.2, 0.25) is 0 Å². The fourth-order valence-electron chi connectivity index (χ4n) is 3.14. The highest BCUT2D eigenvalue weighted by Gasteiger charge is 2.39. The van der Waals surface area contributed by atoms with Gasteiger partial charge in [0.15, 0.2) is 0 Å². The summed E-state index contributed by atoms with van der Waals surface area (Å²) in [5.74, 6) is 0.470. The third kappa shape index (κ3) is 3.32. The second kappa shape index (κ2) is 6.52. The van der Waals surface area contributed by atoms with Crippen molar-refractivity contribution in [2.45, 2.75) is 37.4 Å². The first-order valence-corrected chi connectivity index (χ1v) is 10.1. The van der Waals surface area contributed by atoms with Crippen molar-refractivity contribution in [2.24, 2.45) is 11.7 Å². The molecule has 2 heterocycles. The molecular formula is C13H27N3O2S2. The van der Waals surface area contributed by atoms with E-state index in [4.69, 9.17) is 5.73 Å². The van der Waals surface area contributed by atoms with Crippen LogP contribution in [0.1, 0.15) is 32.6 Å². The zero-order valence-corrected chi connectivity index (χ0v) is 14.2. The Balaban J connectivity index is 2.01. The molecule has 0 aromatic carbocycles. The number of rotatable bonds is 4. The fraction of sp³-hybridized carbons (Fsp3) is 1.00. The Morgan fingerprint density at radius 1 is 1.25 bits per heavy atom. The highest BCUT2D eigenvalue weighted by molar-refractivity contribution is 8.00. The molecule has 0 bridgehead atoms. The molecule has 0 amide bonds. The third-order valence-electron chi connectivity index (χ3n) is 4.71. The molecule has 1 unspecified atom stereocenters. The molecule has 0 aromatic rings. The largest absolute Gasteiger partial charge is 0.329 e. The molecule has 0 saturated carbocycles. The number of nitrogens with zero attached hydrogens (tertiary/aromatic N) is 2. The molecule has 2 N–H and O–H groups in total. The number of hydrogen-bond acceptors (Lipinski definition) is 4. The summed E-state index contributed by atoms with van der Waals surface area (Å²) in [7, 11) is -3.27. The van der Waals surface area contributed by atoms with E-state index in [0.717, 1.165) is 25.7 Å². The second-order valence-electron chi connectivity index (χ2n) is 6.10. The van der Waals surface area contributed by atoms with Gasteiger partial charge in [-0.15, -0.1) is 0 Å². The lowest BCUT2D eigenvalue weighted by Crippen LogP contribution is -2.53. The van der Waals surface area contributed by atoms with Crippen molar-refractivity contribution in [3.8, 4) is 0 Å². The van der Waals surface area contributed by atoms with Crippen molar-refractivity contribution in [3.05, 3.63) is 0 Å². The van der Waals surface area contributed by atoms with E-state index in [1.165, 1.54) is 0 Å². The molecule has 0 aliphatic carbocycles. The van der Waals surface area contributed by atoms with Crippen LogP contribution in [-0.2, 0) is 10.2 Å². The maximum Gasteiger partial charge on any atom is 0.281 e. The van der Waals surface area contributed by atoms with Gasteiger partial charge in [-0.05, 0) is 37.9 Å². The Kier molecular flexibility index (Phi) is 5.40. The molecule has 2 rings (SSSR count). The maximum atomic E-state index is 12.7. The van der Waals surface area contributed by atoms with E-state index in [9.17, 15) is 8.42 Å². The molecule has 7 heteroatoms. The molecule has 2 aliphatic rings. The van der Waals surface area contributed by atoms with E-state index in [-0.39, 0.29) is 4.75 Å². The predicted octanol–water partition coefficient (Wildman–Crippen LogP) is 1.12. The van der Waals surface area contributed by atoms with Gasteiger partial charge in [-0.25, -0.2) is 0 Å². The van der Waals surface area contributed by atoms with E-state index in [0.29, 0.717) is 38.6 Å². The third-order valence-corrected chi connectivity index (χ3v) is 8.15. The summed E-state index contributed by atoms with van der Waals surface area (Å²) in [5.41, 5.74) is 5.87. The van der Waals surface area contributed by atoms with Crippen molar-refractivity contribution in [1.29, 1.82) is 0 Å². The number of hydrogen-bond donors (Lipinski definition) is 1. The summed E-state index contributed by atoms with van der Waals surface area (Å²) in [6.07, 6.45) is 5.89. The van der Waals surface area contributed by atoms with Crippen LogP contribution in [0.15, 0.2) is 0 Å². The maximum absolute atomic E-state index is 12.7. The number of nitrogens with two attached hydrogens (primary N) is 1. The molecule has 0 spiro atoms. The molecule has 0 aromatic heterocycles. The van der Waals surface area contributed by atoms with Crippen LogP contribution in [-0.4, -0.2) is 60.8 Å². The van der Waals surface area contributed by atoms with Crippen LogP contribution in [0.25, 0.3) is 0 Å². The molecular weight excluding hydrogens is 294 g/mol. The van der Waals surface area contributed by atoms with Gasteiger partial charge in [0.05, 0.1) is 0 Å². The highest BCUT2D eigenvalue weighted by Crippen LogP contribution is 2.35. The summed E-state index contributed by atoms with van der Waals surface area (Å²) in [5, 5.41) is 0. The van der Waals surface area contributed by atoms with Crippen molar-refractivity contribution in [2.75, 3.05) is 39.0 Å². The van der Waals surface area contributed by atoms with Gasteiger partial charge >= 0.3 is 0 Å². The van der Waals surface area contributed by atoms with Crippen molar-refractivity contribution < 1.29 is 8.42 Å². The van der Waals surface area contributed by atoms with Crippen LogP contribution in [0.4, 0.5) is 0 Å². The zero-order chi connectivity index (χ0) is 14.8. The fourth-order valence-corrected chi connectivity index (χ4v) is 5.67. The highest BCUT2D eigenvalue weighted by atomic mass is 32.2. The Hall–Kier alpha value is 0.180. The minimum Gasteiger partial charge on any atom is -0.329 e. The van der Waals surface area contributed by atoms with E-state index >= 15 is 0 Å². The Labute approximate surface area is 127 Å². The second-order valence-corrected chi connectivity index (χ2v) is 9.31. The van der Waals surface area contributed by atoms with Crippen LogP contribution in [0, 0.1) is 5.92 Å². The SMILES string of the molecule is CSC1(CN)CCN(S(=O)(=O)N2CCCC(C)C2)CC1. The van der Waals surface area contributed by atoms with Gasteiger partial charge in [-0.1, -0.05) is 6.92 Å². The van der Waals surface area contributed by atoms with E-state index in [1.54, 1.807) is 20.4 Å². The van der Waals surface area contributed by atoms with Crippen molar-refractivity contribution in [3.63, 3.8) is 0 Å². The van der Waals surface area contributed by atoms with E-state index in [2.05, 4.69) is 13.2 Å². The Bertz CT molecular complexity index is 413. The van der Waals surface area contributed by atoms with Gasteiger partial charge in [-0.2, -0.15) is 28.8 Å². The molecule has 2 saturated heterocycles. The van der Waals surface area contributed by atoms with E-state index in [1.807, 2.05) is 0 Å². The minimum absolute atomic E-state index is 0.0706. The molecule has 2 aliphatic heterocycles. The average molecular weight is 322 g/mol. The number of thioether (sulfide) groups is 1. The standard InChI is InChI=1S/C13H27N3O2S2/c1-12-4-3-7-16(10-12)20(17,18)15-8-5-13(11-14,19-2)6-9-15/h12H,3-11,14H2,1-2H3. The summed E-state index contributed by atoms with van der Waals surface area (Å²) in [6.45, 7) is 5.31. The monoisotopic (exact) mass is 321 g/mol. The van der Waals surface area contributed by atoms with E-state index < -0.39 is 10.2 Å². The first kappa shape index (κ1) is 16.5. The molecule has 118 valence electrons. The predicted molar refractivity (Wildman–Crippen MR) is 85.0 cm³/mol. The normalized spacial score (nSPS) is 29.4. The summed E-state index contributed by atoms with van der Waals surface area (Å²) >= 11 is 1.78. The molecule has 5 nitrogen and oxygen atoms in total. The van der Waals surface area contributed by atoms with Crippen molar-refractivity contribution in [1.82, 2.24) is 8.61 Å².